The van der Waals surface area contributed by atoms with Crippen LogP contribution in [0.25, 0.3) is 11.3 Å². The maximum Gasteiger partial charge on any atom is 0.0447 e. The van der Waals surface area contributed by atoms with Crippen LogP contribution in [0.15, 0.2) is 36.5 Å². The van der Waals surface area contributed by atoms with Crippen LogP contribution in [-0.2, 0) is 20.1 Å². The molecule has 0 saturated carbocycles. The summed E-state index contributed by atoms with van der Waals surface area (Å²) >= 11 is 0. The van der Waals surface area contributed by atoms with Gasteiger partial charge in [0.05, 0.1) is 0 Å². The zero-order chi connectivity index (χ0) is 9.97. The average Bonchev–Trinajstić information content (AvgIpc) is 2.23. The van der Waals surface area contributed by atoms with E-state index in [1.165, 1.54) is 6.07 Å². The number of aromatic nitrogens is 1. The third-order valence-corrected chi connectivity index (χ3v) is 2.11. The van der Waals surface area contributed by atoms with Crippen molar-refractivity contribution in [2.45, 2.75) is 6.92 Å². The van der Waals surface area contributed by atoms with E-state index >= 15 is 0 Å². The molecule has 0 atom stereocenters. The number of pyridine rings is 1. The molecule has 0 amide bonds. The molecular formula is C12H9FIrN-. The number of halogens is 1. The summed E-state index contributed by atoms with van der Waals surface area (Å²) in [4.78, 5) is 4.15. The Morgan fingerprint density at radius 3 is 2.73 bits per heavy atom. The molecule has 1 nitrogen and oxygen atoms in total. The Kier molecular flexibility index (Phi) is 4.13. The van der Waals surface area contributed by atoms with Crippen LogP contribution >= 0.6 is 0 Å². The third kappa shape index (κ3) is 2.49. The molecule has 0 bridgehead atoms. The normalized spacial score (nSPS) is 9.47. The summed E-state index contributed by atoms with van der Waals surface area (Å²) in [5.41, 5.74) is 2.07. The van der Waals surface area contributed by atoms with Crippen molar-refractivity contribution in [1.82, 2.24) is 4.98 Å². The van der Waals surface area contributed by atoms with E-state index < -0.39 is 0 Å². The van der Waals surface area contributed by atoms with Gasteiger partial charge in [0.2, 0.25) is 0 Å². The van der Waals surface area contributed by atoms with Crippen molar-refractivity contribution in [2.75, 3.05) is 0 Å². The number of rotatable bonds is 1. The molecule has 0 saturated heterocycles. The molecule has 1 heterocycles. The van der Waals surface area contributed by atoms with Gasteiger partial charge in [0, 0.05) is 32.1 Å². The Balaban J connectivity index is 0.00000112. The van der Waals surface area contributed by atoms with Crippen LogP contribution in [-0.4, -0.2) is 4.98 Å². The molecule has 0 aliphatic rings. The average molecular weight is 378 g/mol. The van der Waals surface area contributed by atoms with Gasteiger partial charge in [0.25, 0.3) is 0 Å². The van der Waals surface area contributed by atoms with E-state index in [0.29, 0.717) is 5.56 Å². The van der Waals surface area contributed by atoms with Gasteiger partial charge in [-0.3, -0.25) is 0 Å². The van der Waals surface area contributed by atoms with Gasteiger partial charge < -0.3 is 4.98 Å². The summed E-state index contributed by atoms with van der Waals surface area (Å²) < 4.78 is 13.2. The molecule has 1 radical (unpaired) electrons. The van der Waals surface area contributed by atoms with Crippen molar-refractivity contribution in [1.29, 1.82) is 0 Å². The Labute approximate surface area is 102 Å². The summed E-state index contributed by atoms with van der Waals surface area (Å²) in [6.07, 6.45) is 1.69. The zero-order valence-electron chi connectivity index (χ0n) is 8.12. The molecule has 2 aromatic rings. The summed E-state index contributed by atoms with van der Waals surface area (Å²) in [7, 11) is 0. The van der Waals surface area contributed by atoms with Gasteiger partial charge in [-0.2, -0.15) is 0 Å². The molecular weight excluding hydrogens is 369 g/mol. The molecule has 0 unspecified atom stereocenters. The van der Waals surface area contributed by atoms with Gasteiger partial charge in [-0.05, 0) is 11.8 Å². The van der Waals surface area contributed by atoms with Crippen LogP contribution in [0.5, 0.6) is 0 Å². The SMILES string of the molecule is Cc1c(-c2ccccn2)[c-]ccc1F.[Ir]. The molecule has 1 aromatic heterocycles. The van der Waals surface area contributed by atoms with Crippen molar-refractivity contribution < 1.29 is 24.5 Å². The first kappa shape index (κ1) is 12.0. The van der Waals surface area contributed by atoms with Gasteiger partial charge in [-0.25, -0.2) is 4.39 Å². The second-order valence-electron chi connectivity index (χ2n) is 3.04. The Bertz CT molecular complexity index is 443. The second kappa shape index (κ2) is 5.15. The summed E-state index contributed by atoms with van der Waals surface area (Å²) in [6.45, 7) is 1.73. The summed E-state index contributed by atoms with van der Waals surface area (Å²) in [6, 6.07) is 11.5. The largest absolute Gasteiger partial charge is 0.305 e. The van der Waals surface area contributed by atoms with E-state index in [2.05, 4.69) is 11.1 Å². The van der Waals surface area contributed by atoms with Crippen LogP contribution in [0.1, 0.15) is 5.56 Å². The fraction of sp³-hybridized carbons (Fsp3) is 0.0833. The van der Waals surface area contributed by atoms with Crippen LogP contribution in [0, 0.1) is 18.8 Å². The van der Waals surface area contributed by atoms with Gasteiger partial charge in [-0.15, -0.1) is 23.8 Å². The van der Waals surface area contributed by atoms with Crippen LogP contribution in [0.4, 0.5) is 4.39 Å². The van der Waals surface area contributed by atoms with Crippen molar-refractivity contribution >= 4 is 0 Å². The topological polar surface area (TPSA) is 12.9 Å². The van der Waals surface area contributed by atoms with Gasteiger partial charge in [-0.1, -0.05) is 24.6 Å². The molecule has 3 heteroatoms. The minimum atomic E-state index is -0.218. The number of benzene rings is 1. The molecule has 0 aliphatic heterocycles. The fourth-order valence-corrected chi connectivity index (χ4v) is 1.33. The minimum Gasteiger partial charge on any atom is -0.305 e. The van der Waals surface area contributed by atoms with E-state index in [0.717, 1.165) is 11.3 Å². The first-order valence-electron chi connectivity index (χ1n) is 4.37. The first-order chi connectivity index (χ1) is 6.79. The van der Waals surface area contributed by atoms with Crippen molar-refractivity contribution in [3.63, 3.8) is 0 Å². The standard InChI is InChI=1S/C12H9FN.Ir/c1-9-10(5-4-6-11(9)13)12-7-2-3-8-14-12;/h2-4,6-8H,1H3;/q-1;. The van der Waals surface area contributed by atoms with E-state index in [1.54, 1.807) is 19.2 Å². The maximum absolute atomic E-state index is 13.2. The maximum atomic E-state index is 13.2. The molecule has 0 spiro atoms. The molecule has 79 valence electrons. The fourth-order valence-electron chi connectivity index (χ4n) is 1.33. The smallest absolute Gasteiger partial charge is 0.0447 e. The third-order valence-electron chi connectivity index (χ3n) is 2.11. The zero-order valence-corrected chi connectivity index (χ0v) is 10.5. The van der Waals surface area contributed by atoms with Crippen molar-refractivity contribution in [3.05, 3.63) is 54.0 Å². The van der Waals surface area contributed by atoms with Gasteiger partial charge in [0.15, 0.2) is 0 Å². The van der Waals surface area contributed by atoms with E-state index in [9.17, 15) is 4.39 Å². The van der Waals surface area contributed by atoms with E-state index in [4.69, 9.17) is 0 Å². The van der Waals surface area contributed by atoms with Crippen molar-refractivity contribution in [2.24, 2.45) is 0 Å². The van der Waals surface area contributed by atoms with Gasteiger partial charge in [0.1, 0.15) is 0 Å². The van der Waals surface area contributed by atoms with Gasteiger partial charge >= 0.3 is 0 Å². The Hall–Kier alpha value is -1.05. The molecule has 15 heavy (non-hydrogen) atoms. The quantitative estimate of drug-likeness (QED) is 0.696. The predicted octanol–water partition coefficient (Wildman–Crippen LogP) is 2.99. The minimum absolute atomic E-state index is 0. The monoisotopic (exact) mass is 379 g/mol. The number of hydrogen-bond acceptors (Lipinski definition) is 1. The number of nitrogens with zero attached hydrogens (tertiary/aromatic N) is 1. The molecule has 0 fully saturated rings. The Morgan fingerprint density at radius 2 is 2.07 bits per heavy atom. The second-order valence-corrected chi connectivity index (χ2v) is 3.04. The first-order valence-corrected chi connectivity index (χ1v) is 4.37. The molecule has 0 N–H and O–H groups in total. The Morgan fingerprint density at radius 1 is 1.27 bits per heavy atom. The van der Waals surface area contributed by atoms with Crippen molar-refractivity contribution in [3.8, 4) is 11.3 Å². The molecule has 1 aromatic carbocycles. The van der Waals surface area contributed by atoms with E-state index in [1.807, 2.05) is 18.2 Å². The summed E-state index contributed by atoms with van der Waals surface area (Å²) in [5.74, 6) is -0.218. The summed E-state index contributed by atoms with van der Waals surface area (Å²) in [5, 5.41) is 0. The molecule has 2 rings (SSSR count). The molecule has 0 aliphatic carbocycles. The van der Waals surface area contributed by atoms with E-state index in [-0.39, 0.29) is 25.9 Å². The van der Waals surface area contributed by atoms with Crippen LogP contribution in [0.3, 0.4) is 0 Å². The predicted molar refractivity (Wildman–Crippen MR) is 53.2 cm³/mol. The van der Waals surface area contributed by atoms with Crippen LogP contribution in [0.2, 0.25) is 0 Å². The number of hydrogen-bond donors (Lipinski definition) is 0. The van der Waals surface area contributed by atoms with Crippen LogP contribution < -0.4 is 0 Å².